The molecule has 7 heteroatoms. The Morgan fingerprint density at radius 3 is 2.86 bits per heavy atom. The first-order valence-corrected chi connectivity index (χ1v) is 9.78. The summed E-state index contributed by atoms with van der Waals surface area (Å²) in [5.74, 6) is 3.36. The van der Waals surface area contributed by atoms with E-state index < -0.39 is 0 Å². The van der Waals surface area contributed by atoms with Gasteiger partial charge in [0.05, 0.1) is 5.39 Å². The highest BCUT2D eigenvalue weighted by atomic mass is 32.2. The molecule has 3 rings (SSSR count). The van der Waals surface area contributed by atoms with Crippen LogP contribution in [0.5, 0.6) is 0 Å². The summed E-state index contributed by atoms with van der Waals surface area (Å²) in [6.07, 6.45) is 7.11. The van der Waals surface area contributed by atoms with Crippen LogP contribution in [0.25, 0.3) is 10.2 Å². The fraction of sp³-hybridized carbons (Fsp3) is 0.533. The topological polar surface area (TPSA) is 61.6 Å². The van der Waals surface area contributed by atoms with Crippen molar-refractivity contribution in [3.05, 3.63) is 10.9 Å². The van der Waals surface area contributed by atoms with Gasteiger partial charge in [0.25, 0.3) is 6.71 Å². The molecular weight excluding hydrogens is 311 g/mol. The fourth-order valence-corrected chi connectivity index (χ4v) is 4.28. The predicted octanol–water partition coefficient (Wildman–Crippen LogP) is 4.11. The van der Waals surface area contributed by atoms with Crippen molar-refractivity contribution in [3.63, 3.8) is 0 Å². The molecule has 3 heterocycles. The molecule has 0 saturated carbocycles. The Morgan fingerprint density at radius 2 is 2.23 bits per heavy atom. The summed E-state index contributed by atoms with van der Waals surface area (Å²) >= 11 is 3.34. The molecule has 0 atom stereocenters. The number of fused-ring (bicyclic) bond motifs is 1. The molecule has 114 valence electrons. The zero-order valence-corrected chi connectivity index (χ0v) is 14.6. The lowest BCUT2D eigenvalue weighted by molar-refractivity contribution is 0.636. The maximum atomic E-state index is 9.01. The minimum atomic E-state index is 0.234. The van der Waals surface area contributed by atoms with Gasteiger partial charge in [-0.2, -0.15) is 0 Å². The molecule has 0 unspecified atom stereocenters. The van der Waals surface area contributed by atoms with Gasteiger partial charge in [-0.1, -0.05) is 31.3 Å². The smallest absolute Gasteiger partial charge is 0.268 e. The van der Waals surface area contributed by atoms with Crippen LogP contribution in [-0.2, 0) is 6.42 Å². The average Bonchev–Trinajstić information content (AvgIpc) is 2.99. The summed E-state index contributed by atoms with van der Waals surface area (Å²) < 4.78 is 0. The summed E-state index contributed by atoms with van der Waals surface area (Å²) in [7, 11) is 0. The van der Waals surface area contributed by atoms with E-state index in [1.807, 2.05) is 6.26 Å². The molecule has 4 nitrogen and oxygen atoms in total. The van der Waals surface area contributed by atoms with Gasteiger partial charge in [-0.05, 0) is 31.6 Å². The number of aryl methyl sites for hydroxylation is 1. The maximum absolute atomic E-state index is 9.01. The van der Waals surface area contributed by atoms with Crippen molar-refractivity contribution in [1.82, 2.24) is 9.97 Å². The molecule has 1 aliphatic heterocycles. The number of nitrogens with zero attached hydrogens (tertiary/aromatic N) is 3. The quantitative estimate of drug-likeness (QED) is 0.519. The monoisotopic (exact) mass is 330 g/mol. The van der Waals surface area contributed by atoms with E-state index in [-0.39, 0.29) is 6.71 Å². The van der Waals surface area contributed by atoms with Crippen LogP contribution < -0.4 is 5.32 Å². The zero-order chi connectivity index (χ0) is 15.5. The van der Waals surface area contributed by atoms with E-state index in [0.717, 1.165) is 53.1 Å². The third-order valence-corrected chi connectivity index (χ3v) is 5.93. The van der Waals surface area contributed by atoms with Crippen LogP contribution in [0.15, 0.2) is 11.2 Å². The van der Waals surface area contributed by atoms with Crippen LogP contribution in [0.4, 0.5) is 5.82 Å². The zero-order valence-electron chi connectivity index (χ0n) is 12.9. The van der Waals surface area contributed by atoms with Gasteiger partial charge in [0.2, 0.25) is 0 Å². The highest BCUT2D eigenvalue weighted by Crippen LogP contribution is 2.32. The van der Waals surface area contributed by atoms with Gasteiger partial charge in [0, 0.05) is 16.9 Å². The van der Waals surface area contributed by atoms with Gasteiger partial charge < -0.3 is 5.32 Å². The van der Waals surface area contributed by atoms with E-state index in [2.05, 4.69) is 34.2 Å². The van der Waals surface area contributed by atoms with Crippen molar-refractivity contribution in [3.8, 4) is 5.97 Å². The standard InChI is InChI=1S/C15H19BN4S2/c1-3-11-8-12-13(19-15(21-2)20-14(12)22-11)18-10-4-6-16(9-17)7-5-10/h8,10H,3-7H2,1-2H3,(H,18,19,20). The van der Waals surface area contributed by atoms with Crippen molar-refractivity contribution < 1.29 is 0 Å². The molecule has 1 N–H and O–H groups in total. The normalized spacial score (nSPS) is 16.0. The summed E-state index contributed by atoms with van der Waals surface area (Å²) in [5, 5.41) is 14.6. The van der Waals surface area contributed by atoms with Gasteiger partial charge in [-0.3, -0.25) is 0 Å². The number of hydrogen-bond donors (Lipinski definition) is 1. The second kappa shape index (κ2) is 6.88. The molecule has 2 aromatic heterocycles. The number of thiophene rings is 1. The Morgan fingerprint density at radius 1 is 1.45 bits per heavy atom. The lowest BCUT2D eigenvalue weighted by Gasteiger charge is -2.25. The van der Waals surface area contributed by atoms with Gasteiger partial charge in [-0.25, -0.2) is 15.2 Å². The number of nitrogens with one attached hydrogen (secondary N) is 1. The Kier molecular flexibility index (Phi) is 4.89. The first-order chi connectivity index (χ1) is 10.7. The van der Waals surface area contributed by atoms with Crippen LogP contribution in [0.2, 0.25) is 12.6 Å². The van der Waals surface area contributed by atoms with E-state index in [1.165, 1.54) is 4.88 Å². The molecule has 1 aliphatic rings. The lowest BCUT2D eigenvalue weighted by atomic mass is 9.42. The van der Waals surface area contributed by atoms with E-state index in [9.17, 15) is 0 Å². The van der Waals surface area contributed by atoms with E-state index in [4.69, 9.17) is 5.26 Å². The van der Waals surface area contributed by atoms with Crippen molar-refractivity contribution in [1.29, 1.82) is 5.26 Å². The molecule has 1 saturated heterocycles. The van der Waals surface area contributed by atoms with Gasteiger partial charge in [-0.15, -0.1) is 11.3 Å². The van der Waals surface area contributed by atoms with Crippen LogP contribution >= 0.6 is 23.1 Å². The maximum Gasteiger partial charge on any atom is 0.268 e. The lowest BCUT2D eigenvalue weighted by Crippen LogP contribution is -2.29. The Labute approximate surface area is 139 Å². The summed E-state index contributed by atoms with van der Waals surface area (Å²) in [6, 6.07) is 2.63. The fourth-order valence-electron chi connectivity index (χ4n) is 2.89. The highest BCUT2D eigenvalue weighted by molar-refractivity contribution is 7.98. The van der Waals surface area contributed by atoms with Crippen LogP contribution in [0.1, 0.15) is 24.6 Å². The predicted molar refractivity (Wildman–Crippen MR) is 96.2 cm³/mol. The first-order valence-electron chi connectivity index (χ1n) is 7.74. The number of thioether (sulfide) groups is 1. The summed E-state index contributed by atoms with van der Waals surface area (Å²) in [5.41, 5.74) is 0. The number of hydrogen-bond acceptors (Lipinski definition) is 6. The second-order valence-electron chi connectivity index (χ2n) is 5.67. The minimum absolute atomic E-state index is 0.234. The molecule has 1 fully saturated rings. The Bertz CT molecular complexity index is 701. The molecule has 0 aromatic carbocycles. The van der Waals surface area contributed by atoms with E-state index >= 15 is 0 Å². The number of nitriles is 1. The number of rotatable bonds is 4. The second-order valence-corrected chi connectivity index (χ2v) is 7.55. The molecule has 0 spiro atoms. The Hall–Kier alpha value is -1.26. The average molecular weight is 330 g/mol. The molecule has 2 aromatic rings. The van der Waals surface area contributed by atoms with Crippen molar-refractivity contribution in [2.24, 2.45) is 0 Å². The molecule has 0 bridgehead atoms. The van der Waals surface area contributed by atoms with Crippen LogP contribution in [0, 0.1) is 11.2 Å². The van der Waals surface area contributed by atoms with Gasteiger partial charge >= 0.3 is 0 Å². The molecular formula is C15H19BN4S2. The van der Waals surface area contributed by atoms with Gasteiger partial charge in [0.1, 0.15) is 10.6 Å². The summed E-state index contributed by atoms with van der Waals surface area (Å²) in [4.78, 5) is 11.7. The first kappa shape index (κ1) is 15.6. The van der Waals surface area contributed by atoms with Crippen molar-refractivity contribution >= 4 is 45.8 Å². The third kappa shape index (κ3) is 3.23. The van der Waals surface area contributed by atoms with Crippen LogP contribution in [-0.4, -0.2) is 29.0 Å². The number of aromatic nitrogens is 2. The van der Waals surface area contributed by atoms with Gasteiger partial charge in [0.15, 0.2) is 5.16 Å². The van der Waals surface area contributed by atoms with Crippen molar-refractivity contribution in [2.75, 3.05) is 11.6 Å². The largest absolute Gasteiger partial charge is 0.367 e. The molecule has 0 aliphatic carbocycles. The van der Waals surface area contributed by atoms with E-state index in [1.54, 1.807) is 23.1 Å². The molecule has 0 radical (unpaired) electrons. The SMILES string of the molecule is CCc1cc2c(NC3CCB(C#N)CC3)nc(SC)nc2s1. The molecule has 0 amide bonds. The van der Waals surface area contributed by atoms with E-state index in [0.29, 0.717) is 6.04 Å². The van der Waals surface area contributed by atoms with Crippen LogP contribution in [0.3, 0.4) is 0 Å². The van der Waals surface area contributed by atoms with Crippen molar-refractivity contribution in [2.45, 2.75) is 50.0 Å². The number of anilines is 1. The minimum Gasteiger partial charge on any atom is -0.367 e. The highest BCUT2D eigenvalue weighted by Gasteiger charge is 2.25. The summed E-state index contributed by atoms with van der Waals surface area (Å²) in [6.45, 7) is 2.40. The molecule has 22 heavy (non-hydrogen) atoms. The Balaban J connectivity index is 1.86. The third-order valence-electron chi connectivity index (χ3n) is 4.20.